The lowest BCUT2D eigenvalue weighted by molar-refractivity contribution is -0.131. The lowest BCUT2D eigenvalue weighted by atomic mass is 10.1. The molecule has 0 aliphatic carbocycles. The summed E-state index contributed by atoms with van der Waals surface area (Å²) in [7, 11) is 0. The highest BCUT2D eigenvalue weighted by molar-refractivity contribution is 9.10. The van der Waals surface area contributed by atoms with Gasteiger partial charge in [-0.15, -0.1) is 0 Å². The Hall–Kier alpha value is -2.80. The fourth-order valence-electron chi connectivity index (χ4n) is 2.11. The number of hydrogen-bond acceptors (Lipinski definition) is 4. The molecule has 1 atom stereocenters. The van der Waals surface area contributed by atoms with Crippen LogP contribution in [0.25, 0.3) is 0 Å². The van der Waals surface area contributed by atoms with Crippen LogP contribution < -0.4 is 5.32 Å². The normalized spacial score (nSPS) is 11.9. The highest BCUT2D eigenvalue weighted by atomic mass is 79.9. The van der Waals surface area contributed by atoms with E-state index in [1.165, 1.54) is 12.1 Å². The van der Waals surface area contributed by atoms with E-state index in [2.05, 4.69) is 21.2 Å². The molecule has 0 unspecified atom stereocenters. The zero-order valence-electron chi connectivity index (χ0n) is 13.1. The molecule has 0 radical (unpaired) electrons. The first-order chi connectivity index (χ1) is 12.0. The molecule has 0 saturated heterocycles. The fourth-order valence-corrected chi connectivity index (χ4v) is 2.49. The molecular weight excluding hydrogens is 390 g/mol. The number of halogens is 1. The third-order valence-corrected chi connectivity index (χ3v) is 3.71. The van der Waals surface area contributed by atoms with Crippen LogP contribution in [0, 0.1) is 0 Å². The van der Waals surface area contributed by atoms with Crippen molar-refractivity contribution in [3.63, 3.8) is 0 Å². The summed E-state index contributed by atoms with van der Waals surface area (Å²) in [5, 5.41) is 21.3. The van der Waals surface area contributed by atoms with Gasteiger partial charge in [0.15, 0.2) is 0 Å². The number of aliphatic carboxylic acids is 1. The van der Waals surface area contributed by atoms with Gasteiger partial charge in [0.05, 0.1) is 0 Å². The number of benzene rings is 2. The average molecular weight is 406 g/mol. The molecule has 2 rings (SSSR count). The first kappa shape index (κ1) is 18.5. The van der Waals surface area contributed by atoms with Gasteiger partial charge >= 0.3 is 12.1 Å². The zero-order valence-corrected chi connectivity index (χ0v) is 14.6. The summed E-state index contributed by atoms with van der Waals surface area (Å²) in [6.45, 7) is 0. The van der Waals surface area contributed by atoms with Crippen molar-refractivity contribution in [1.82, 2.24) is 0 Å². The third-order valence-electron chi connectivity index (χ3n) is 3.22. The Kier molecular flexibility index (Phi) is 6.59. The number of amides is 1. The Bertz CT molecular complexity index is 776. The Labute approximate surface area is 152 Å². The molecule has 0 saturated carbocycles. The SMILES string of the molecule is O=C(O)/C=C/C[C@@H](OC(=O)Nc1ccccc1)c1cc(Br)ccc1O. The number of hydrogen-bond donors (Lipinski definition) is 3. The van der Waals surface area contributed by atoms with Crippen molar-refractivity contribution in [1.29, 1.82) is 0 Å². The quantitative estimate of drug-likeness (QED) is 0.615. The first-order valence-electron chi connectivity index (χ1n) is 7.36. The Morgan fingerprint density at radius 1 is 1.20 bits per heavy atom. The summed E-state index contributed by atoms with van der Waals surface area (Å²) in [5.74, 6) is -1.16. The molecule has 25 heavy (non-hydrogen) atoms. The molecule has 0 heterocycles. The molecular formula is C18H16BrNO5. The molecule has 6 nitrogen and oxygen atoms in total. The Balaban J connectivity index is 2.17. The summed E-state index contributed by atoms with van der Waals surface area (Å²) in [6.07, 6.45) is 0.860. The summed E-state index contributed by atoms with van der Waals surface area (Å²) in [4.78, 5) is 22.8. The Morgan fingerprint density at radius 3 is 2.60 bits per heavy atom. The van der Waals surface area contributed by atoms with Crippen molar-refractivity contribution < 1.29 is 24.5 Å². The number of carboxylic acid groups (broad SMARTS) is 1. The van der Waals surface area contributed by atoms with E-state index in [1.807, 2.05) is 6.07 Å². The minimum atomic E-state index is -1.11. The van der Waals surface area contributed by atoms with Gasteiger partial charge in [-0.25, -0.2) is 9.59 Å². The van der Waals surface area contributed by atoms with Crippen LogP contribution in [0.4, 0.5) is 10.5 Å². The number of aromatic hydroxyl groups is 1. The monoisotopic (exact) mass is 405 g/mol. The third kappa shape index (κ3) is 5.96. The summed E-state index contributed by atoms with van der Waals surface area (Å²) in [5.41, 5.74) is 0.929. The lowest BCUT2D eigenvalue weighted by Gasteiger charge is -2.18. The van der Waals surface area contributed by atoms with Gasteiger partial charge in [-0.05, 0) is 30.3 Å². The Morgan fingerprint density at radius 2 is 1.92 bits per heavy atom. The van der Waals surface area contributed by atoms with Gasteiger partial charge in [-0.1, -0.05) is 40.2 Å². The van der Waals surface area contributed by atoms with Crippen molar-refractivity contribution in [2.24, 2.45) is 0 Å². The molecule has 1 amide bonds. The van der Waals surface area contributed by atoms with Gasteiger partial charge in [0.2, 0.25) is 0 Å². The van der Waals surface area contributed by atoms with E-state index in [0.717, 1.165) is 6.08 Å². The van der Waals surface area contributed by atoms with Crippen molar-refractivity contribution in [2.75, 3.05) is 5.32 Å². The minimum Gasteiger partial charge on any atom is -0.508 e. The van der Waals surface area contributed by atoms with E-state index in [9.17, 15) is 14.7 Å². The van der Waals surface area contributed by atoms with E-state index in [1.54, 1.807) is 36.4 Å². The van der Waals surface area contributed by atoms with Crippen LogP contribution in [0.5, 0.6) is 5.75 Å². The second kappa shape index (κ2) is 8.89. The predicted octanol–water partition coefficient (Wildman–Crippen LogP) is 4.48. The second-order valence-corrected chi connectivity index (χ2v) is 5.98. The van der Waals surface area contributed by atoms with Gasteiger partial charge in [-0.2, -0.15) is 0 Å². The molecule has 2 aromatic carbocycles. The van der Waals surface area contributed by atoms with E-state index >= 15 is 0 Å². The van der Waals surface area contributed by atoms with Crippen molar-refractivity contribution in [3.8, 4) is 5.75 Å². The molecule has 2 aromatic rings. The topological polar surface area (TPSA) is 95.9 Å². The molecule has 0 aliphatic heterocycles. The number of phenols is 1. The number of rotatable bonds is 6. The second-order valence-electron chi connectivity index (χ2n) is 5.06. The highest BCUT2D eigenvalue weighted by Crippen LogP contribution is 2.32. The van der Waals surface area contributed by atoms with Gasteiger partial charge < -0.3 is 14.9 Å². The van der Waals surface area contributed by atoms with Crippen LogP contribution in [0.2, 0.25) is 0 Å². The van der Waals surface area contributed by atoms with E-state index in [-0.39, 0.29) is 12.2 Å². The number of carbonyl (C=O) groups excluding carboxylic acids is 1. The minimum absolute atomic E-state index is 0.0514. The van der Waals surface area contributed by atoms with E-state index in [0.29, 0.717) is 15.7 Å². The average Bonchev–Trinajstić information content (AvgIpc) is 2.57. The molecule has 0 fully saturated rings. The van der Waals surface area contributed by atoms with Crippen molar-refractivity contribution in [3.05, 3.63) is 70.7 Å². The summed E-state index contributed by atoms with van der Waals surface area (Å²) in [6, 6.07) is 13.5. The molecule has 0 aliphatic rings. The predicted molar refractivity (Wildman–Crippen MR) is 96.5 cm³/mol. The number of nitrogens with one attached hydrogen (secondary N) is 1. The molecule has 130 valence electrons. The number of anilines is 1. The largest absolute Gasteiger partial charge is 0.508 e. The number of carboxylic acids is 1. The van der Waals surface area contributed by atoms with Gasteiger partial charge in [0.25, 0.3) is 0 Å². The number of carbonyl (C=O) groups is 2. The van der Waals surface area contributed by atoms with Gasteiger partial charge in [0.1, 0.15) is 11.9 Å². The smallest absolute Gasteiger partial charge is 0.412 e. The maximum absolute atomic E-state index is 12.1. The van der Waals surface area contributed by atoms with Crippen LogP contribution in [0.15, 0.2) is 65.2 Å². The fraction of sp³-hybridized carbons (Fsp3) is 0.111. The summed E-state index contributed by atoms with van der Waals surface area (Å²) < 4.78 is 6.08. The van der Waals surface area contributed by atoms with Crippen molar-refractivity contribution in [2.45, 2.75) is 12.5 Å². The number of para-hydroxylation sites is 1. The first-order valence-corrected chi connectivity index (χ1v) is 8.15. The number of ether oxygens (including phenoxy) is 1. The summed E-state index contributed by atoms with van der Waals surface area (Å²) >= 11 is 3.30. The molecule has 7 heteroatoms. The number of phenolic OH excluding ortho intramolecular Hbond substituents is 1. The van der Waals surface area contributed by atoms with E-state index in [4.69, 9.17) is 9.84 Å². The maximum atomic E-state index is 12.1. The van der Waals surface area contributed by atoms with Crippen molar-refractivity contribution >= 4 is 33.7 Å². The standard InChI is InChI=1S/C18H16BrNO5/c19-12-9-10-15(21)14(11-12)16(7-4-8-17(22)23)25-18(24)20-13-5-2-1-3-6-13/h1-6,8-11,16,21H,7H2,(H,20,24)(H,22,23)/b8-4+/t16-/m1/s1. The van der Waals surface area contributed by atoms with Crippen LogP contribution in [0.3, 0.4) is 0 Å². The lowest BCUT2D eigenvalue weighted by Crippen LogP contribution is -2.17. The maximum Gasteiger partial charge on any atom is 0.412 e. The zero-order chi connectivity index (χ0) is 18.2. The molecule has 0 bridgehead atoms. The van der Waals surface area contributed by atoms with E-state index < -0.39 is 18.2 Å². The van der Waals surface area contributed by atoms with Gasteiger partial charge in [0, 0.05) is 28.2 Å². The molecule has 3 N–H and O–H groups in total. The molecule has 0 aromatic heterocycles. The van der Waals surface area contributed by atoms with Crippen LogP contribution in [0.1, 0.15) is 18.1 Å². The molecule has 0 spiro atoms. The van der Waals surface area contributed by atoms with Crippen LogP contribution in [-0.4, -0.2) is 22.3 Å². The van der Waals surface area contributed by atoms with Gasteiger partial charge in [-0.3, -0.25) is 5.32 Å². The van der Waals surface area contributed by atoms with Crippen LogP contribution >= 0.6 is 15.9 Å². The van der Waals surface area contributed by atoms with Crippen LogP contribution in [-0.2, 0) is 9.53 Å². The highest BCUT2D eigenvalue weighted by Gasteiger charge is 2.19.